The maximum Gasteiger partial charge on any atom is 0.322 e. The Morgan fingerprint density at radius 1 is 1.36 bits per heavy atom. The maximum atomic E-state index is 12.8. The largest absolute Gasteiger partial charge is 0.609 e. The number of rotatable bonds is 6. The Balaban J connectivity index is 1.54. The summed E-state index contributed by atoms with van der Waals surface area (Å²) >= 11 is -1.40. The predicted octanol–water partition coefficient (Wildman–Crippen LogP) is 3.21. The van der Waals surface area contributed by atoms with Gasteiger partial charge in [0.1, 0.15) is 11.5 Å². The van der Waals surface area contributed by atoms with E-state index in [0.717, 1.165) is 35.2 Å². The summed E-state index contributed by atoms with van der Waals surface area (Å²) in [5, 5.41) is 0.362. The van der Waals surface area contributed by atoms with Crippen molar-refractivity contribution >= 4 is 28.2 Å². The second-order valence-corrected chi connectivity index (χ2v) is 8.32. The van der Waals surface area contributed by atoms with Crippen molar-refractivity contribution in [3.63, 3.8) is 0 Å². The van der Waals surface area contributed by atoms with Crippen LogP contribution in [0, 0.1) is 19.8 Å². The van der Waals surface area contributed by atoms with Gasteiger partial charge in [0.15, 0.2) is 5.75 Å². The van der Waals surface area contributed by atoms with Crippen LogP contribution in [0.15, 0.2) is 29.6 Å². The molecule has 0 aliphatic heterocycles. The molecule has 1 fully saturated rings. The smallest absolute Gasteiger partial charge is 0.322 e. The van der Waals surface area contributed by atoms with Gasteiger partial charge >= 0.3 is 11.1 Å². The number of imidazole rings is 1. The number of aromatic amines is 1. The van der Waals surface area contributed by atoms with E-state index in [0.29, 0.717) is 22.1 Å². The molecule has 1 saturated carbocycles. The molecule has 7 nitrogen and oxygen atoms in total. The molecule has 2 heterocycles. The monoisotopic (exact) mass is 399 g/mol. The van der Waals surface area contributed by atoms with Crippen LogP contribution in [0.3, 0.4) is 0 Å². The summed E-state index contributed by atoms with van der Waals surface area (Å²) < 4.78 is 23.6. The molecule has 28 heavy (non-hydrogen) atoms. The number of pyridine rings is 1. The van der Waals surface area contributed by atoms with E-state index >= 15 is 0 Å². The van der Waals surface area contributed by atoms with Crippen LogP contribution in [0.5, 0.6) is 11.5 Å². The lowest BCUT2D eigenvalue weighted by Gasteiger charge is -2.13. The third-order valence-electron chi connectivity index (χ3n) is 4.80. The second-order valence-electron chi connectivity index (χ2n) is 6.95. The molecule has 0 saturated heterocycles. The quantitative estimate of drug-likeness (QED) is 0.388. The fraction of sp³-hybridized carbons (Fsp3) is 0.350. The van der Waals surface area contributed by atoms with E-state index in [9.17, 15) is 9.35 Å². The highest BCUT2D eigenvalue weighted by molar-refractivity contribution is 7.90. The second kappa shape index (κ2) is 7.44. The number of H-pyrrole nitrogens is 1. The molecule has 0 amide bonds. The first-order valence-electron chi connectivity index (χ1n) is 9.05. The average Bonchev–Trinajstić information content (AvgIpc) is 3.44. The van der Waals surface area contributed by atoms with Gasteiger partial charge in [0.25, 0.3) is 0 Å². The summed E-state index contributed by atoms with van der Waals surface area (Å²) in [6.45, 7) is 3.83. The summed E-state index contributed by atoms with van der Waals surface area (Å²) in [6.07, 6.45) is 3.51. The van der Waals surface area contributed by atoms with E-state index in [-0.39, 0.29) is 17.6 Å². The van der Waals surface area contributed by atoms with Crippen LogP contribution in [0.2, 0.25) is 0 Å². The van der Waals surface area contributed by atoms with Crippen molar-refractivity contribution in [3.05, 3.63) is 41.2 Å². The van der Waals surface area contributed by atoms with Crippen molar-refractivity contribution in [2.45, 2.75) is 37.6 Å². The molecule has 3 aromatic rings. The number of nitrogens with one attached hydrogen (secondary N) is 1. The minimum Gasteiger partial charge on any atom is -0.609 e. The molecule has 1 aromatic carbocycles. The first-order valence-corrected chi connectivity index (χ1v) is 10.4. The number of carbonyl (C=O) groups excluding carboxylic acids is 1. The van der Waals surface area contributed by atoms with Gasteiger partial charge in [-0.05, 0) is 38.8 Å². The summed E-state index contributed by atoms with van der Waals surface area (Å²) in [5.74, 6) is 1.27. The number of aryl methyl sites for hydroxylation is 1. The van der Waals surface area contributed by atoms with Gasteiger partial charge in [-0.2, -0.15) is 4.98 Å². The van der Waals surface area contributed by atoms with Gasteiger partial charge in [0, 0.05) is 34.6 Å². The van der Waals surface area contributed by atoms with Gasteiger partial charge in [-0.3, -0.25) is 14.8 Å². The number of aromatic nitrogens is 3. The molecule has 0 spiro atoms. The van der Waals surface area contributed by atoms with Crippen LogP contribution in [0.25, 0.3) is 11.0 Å². The number of carbonyl (C=O) groups is 1. The van der Waals surface area contributed by atoms with Gasteiger partial charge < -0.3 is 14.0 Å². The highest BCUT2D eigenvalue weighted by atomic mass is 32.2. The highest BCUT2D eigenvalue weighted by Gasteiger charge is 2.31. The van der Waals surface area contributed by atoms with Crippen LogP contribution in [0.1, 0.15) is 29.7 Å². The molecule has 4 rings (SSSR count). The Hall–Kier alpha value is -2.58. The van der Waals surface area contributed by atoms with Gasteiger partial charge in [-0.25, -0.2) is 0 Å². The van der Waals surface area contributed by atoms with Crippen molar-refractivity contribution in [2.24, 2.45) is 5.92 Å². The summed E-state index contributed by atoms with van der Waals surface area (Å²) in [4.78, 5) is 23.7. The van der Waals surface area contributed by atoms with Gasteiger partial charge in [0.2, 0.25) is 0 Å². The van der Waals surface area contributed by atoms with Gasteiger partial charge in [-0.15, -0.1) is 0 Å². The SMILES string of the molecule is COc1c(C)cnc(C[S+]([O-])c2nc3cc(OC(=O)C4CC4)ccc3[nH]2)c1C. The first-order chi connectivity index (χ1) is 13.5. The zero-order valence-electron chi connectivity index (χ0n) is 15.9. The average molecular weight is 399 g/mol. The first kappa shape index (κ1) is 18.8. The van der Waals surface area contributed by atoms with E-state index in [1.165, 1.54) is 0 Å². The van der Waals surface area contributed by atoms with E-state index in [2.05, 4.69) is 15.0 Å². The normalized spacial score (nSPS) is 14.9. The molecule has 1 aliphatic carbocycles. The van der Waals surface area contributed by atoms with Crippen molar-refractivity contribution in [1.82, 2.24) is 15.0 Å². The van der Waals surface area contributed by atoms with E-state index in [4.69, 9.17) is 9.47 Å². The van der Waals surface area contributed by atoms with Gasteiger partial charge in [-0.1, -0.05) is 0 Å². The van der Waals surface area contributed by atoms with Crippen LogP contribution < -0.4 is 9.47 Å². The van der Waals surface area contributed by atoms with Gasteiger partial charge in [0.05, 0.1) is 29.8 Å². The van der Waals surface area contributed by atoms with E-state index < -0.39 is 11.2 Å². The zero-order chi connectivity index (χ0) is 19.8. The maximum absolute atomic E-state index is 12.8. The predicted molar refractivity (Wildman–Crippen MR) is 105 cm³/mol. The summed E-state index contributed by atoms with van der Waals surface area (Å²) in [5.41, 5.74) is 3.87. The number of ether oxygens (including phenoxy) is 2. The molecule has 2 aromatic heterocycles. The number of nitrogens with zero attached hydrogens (tertiary/aromatic N) is 2. The number of fused-ring (bicyclic) bond motifs is 1. The van der Waals surface area contributed by atoms with Crippen LogP contribution in [0.4, 0.5) is 0 Å². The molecule has 1 aliphatic rings. The van der Waals surface area contributed by atoms with Crippen LogP contribution in [-0.4, -0.2) is 32.6 Å². The number of hydrogen-bond acceptors (Lipinski definition) is 6. The summed E-state index contributed by atoms with van der Waals surface area (Å²) in [6, 6.07) is 5.17. The van der Waals surface area contributed by atoms with Crippen molar-refractivity contribution in [1.29, 1.82) is 0 Å². The van der Waals surface area contributed by atoms with E-state index in [1.807, 2.05) is 13.8 Å². The van der Waals surface area contributed by atoms with Crippen molar-refractivity contribution in [3.8, 4) is 11.5 Å². The molecule has 1 unspecified atom stereocenters. The lowest BCUT2D eigenvalue weighted by molar-refractivity contribution is -0.135. The lowest BCUT2D eigenvalue weighted by Crippen LogP contribution is -2.10. The third kappa shape index (κ3) is 3.70. The molecular formula is C20H21N3O4S. The summed E-state index contributed by atoms with van der Waals surface area (Å²) in [7, 11) is 1.61. The Bertz CT molecular complexity index is 1050. The number of esters is 1. The molecule has 0 bridgehead atoms. The zero-order valence-corrected chi connectivity index (χ0v) is 16.8. The molecule has 146 valence electrons. The fourth-order valence-electron chi connectivity index (χ4n) is 3.06. The van der Waals surface area contributed by atoms with Crippen LogP contribution >= 0.6 is 0 Å². The Morgan fingerprint density at radius 2 is 2.14 bits per heavy atom. The standard InChI is InChI=1S/C20H21N3O4S/c1-11-9-21-17(12(2)18(11)26-3)10-28(25)20-22-15-7-6-14(8-16(15)23-20)27-19(24)13-4-5-13/h6-9,13H,4-5,10H2,1-3H3,(H,22,23). The number of methoxy groups -OCH3 is 1. The molecule has 1 atom stereocenters. The Morgan fingerprint density at radius 3 is 2.86 bits per heavy atom. The molecule has 1 N–H and O–H groups in total. The van der Waals surface area contributed by atoms with Crippen molar-refractivity contribution in [2.75, 3.05) is 7.11 Å². The molecule has 0 radical (unpaired) electrons. The minimum absolute atomic E-state index is 0.0279. The van der Waals surface area contributed by atoms with E-state index in [1.54, 1.807) is 31.5 Å². The Kier molecular flexibility index (Phi) is 4.99. The molecular weight excluding hydrogens is 378 g/mol. The third-order valence-corrected chi connectivity index (χ3v) is 5.96. The minimum atomic E-state index is -1.40. The number of benzene rings is 1. The highest BCUT2D eigenvalue weighted by Crippen LogP contribution is 2.31. The lowest BCUT2D eigenvalue weighted by atomic mass is 10.1. The van der Waals surface area contributed by atoms with Crippen molar-refractivity contribution < 1.29 is 18.8 Å². The van der Waals surface area contributed by atoms with Crippen LogP contribution in [-0.2, 0) is 21.7 Å². The number of hydrogen-bond donors (Lipinski definition) is 1. The Labute approximate surface area is 165 Å². The fourth-order valence-corrected chi connectivity index (χ4v) is 4.16. The topological polar surface area (TPSA) is 100 Å². The molecule has 8 heteroatoms.